The zero-order chi connectivity index (χ0) is 13.1. The number of nitrogens with zero attached hydrogens (tertiary/aromatic N) is 1. The molecular weight excluding hydrogens is 293 g/mol. The van der Waals surface area contributed by atoms with Crippen LogP contribution in [0.15, 0.2) is 41.4 Å². The minimum atomic E-state index is 0.0890. The van der Waals surface area contributed by atoms with Crippen LogP contribution in [0.2, 0.25) is 15.1 Å². The number of hydrogen-bond donors (Lipinski definition) is 1. The van der Waals surface area contributed by atoms with Gasteiger partial charge in [-0.2, -0.15) is 0 Å². The van der Waals surface area contributed by atoms with Gasteiger partial charge in [0.2, 0.25) is 0 Å². The van der Waals surface area contributed by atoms with Crippen molar-refractivity contribution in [1.82, 2.24) is 0 Å². The van der Waals surface area contributed by atoms with Gasteiger partial charge >= 0.3 is 0 Å². The maximum absolute atomic E-state index is 9.39. The highest BCUT2D eigenvalue weighted by Crippen LogP contribution is 2.28. The van der Waals surface area contributed by atoms with Crippen LogP contribution in [0.3, 0.4) is 0 Å². The van der Waals surface area contributed by atoms with Gasteiger partial charge in [-0.05, 0) is 42.0 Å². The van der Waals surface area contributed by atoms with Crippen LogP contribution < -0.4 is 0 Å². The van der Waals surface area contributed by atoms with Gasteiger partial charge in [-0.15, -0.1) is 0 Å². The first-order chi connectivity index (χ1) is 8.54. The molecule has 0 unspecified atom stereocenters. The van der Waals surface area contributed by atoms with Gasteiger partial charge in [-0.3, -0.25) is 4.99 Å². The van der Waals surface area contributed by atoms with Gasteiger partial charge in [-0.25, -0.2) is 0 Å². The van der Waals surface area contributed by atoms with E-state index in [9.17, 15) is 5.11 Å². The molecule has 0 saturated carbocycles. The second kappa shape index (κ2) is 5.61. The summed E-state index contributed by atoms with van der Waals surface area (Å²) in [6.07, 6.45) is 1.57. The largest absolute Gasteiger partial charge is 0.508 e. The molecule has 0 atom stereocenters. The average Bonchev–Trinajstić information content (AvgIpc) is 2.26. The summed E-state index contributed by atoms with van der Waals surface area (Å²) in [6.45, 7) is 0. The quantitative estimate of drug-likeness (QED) is 0.769. The lowest BCUT2D eigenvalue weighted by molar-refractivity contribution is 0.475. The Morgan fingerprint density at radius 1 is 0.944 bits per heavy atom. The van der Waals surface area contributed by atoms with Crippen molar-refractivity contribution < 1.29 is 5.11 Å². The van der Waals surface area contributed by atoms with Crippen molar-refractivity contribution in [3.05, 3.63) is 57.0 Å². The van der Waals surface area contributed by atoms with Crippen LogP contribution in [0, 0.1) is 0 Å². The Balaban J connectivity index is 2.29. The minimum Gasteiger partial charge on any atom is -0.508 e. The molecule has 0 spiro atoms. The van der Waals surface area contributed by atoms with Gasteiger partial charge in [-0.1, -0.05) is 34.8 Å². The molecule has 92 valence electrons. The van der Waals surface area contributed by atoms with E-state index >= 15 is 0 Å². The highest BCUT2D eigenvalue weighted by molar-refractivity contribution is 6.36. The molecule has 5 heteroatoms. The fraction of sp³-hybridized carbons (Fsp3) is 0. The summed E-state index contributed by atoms with van der Waals surface area (Å²) in [6, 6.07) is 9.73. The van der Waals surface area contributed by atoms with E-state index in [-0.39, 0.29) is 5.75 Å². The second-order valence-corrected chi connectivity index (χ2v) is 4.88. The van der Waals surface area contributed by atoms with E-state index in [4.69, 9.17) is 34.8 Å². The molecule has 0 saturated heterocycles. The lowest BCUT2D eigenvalue weighted by atomic mass is 10.2. The molecule has 0 heterocycles. The Kier molecular flexibility index (Phi) is 4.12. The zero-order valence-electron chi connectivity index (χ0n) is 9.07. The van der Waals surface area contributed by atoms with E-state index in [1.54, 1.807) is 36.5 Å². The maximum Gasteiger partial charge on any atom is 0.117 e. The van der Waals surface area contributed by atoms with Crippen LogP contribution in [0.25, 0.3) is 0 Å². The summed E-state index contributed by atoms with van der Waals surface area (Å²) >= 11 is 17.6. The Hall–Kier alpha value is -1.22. The van der Waals surface area contributed by atoms with Crippen molar-refractivity contribution in [3.63, 3.8) is 0 Å². The molecule has 0 bridgehead atoms. The summed E-state index contributed by atoms with van der Waals surface area (Å²) in [5, 5.41) is 10.9. The lowest BCUT2D eigenvalue weighted by Gasteiger charge is -2.00. The fourth-order valence-corrected chi connectivity index (χ4v) is 2.10. The molecule has 0 aliphatic carbocycles. The van der Waals surface area contributed by atoms with Crippen LogP contribution in [0.5, 0.6) is 5.75 Å². The standard InChI is InChI=1S/C13H8Cl3NO/c14-9-1-2-13(12(16)6-9)17-7-8-3-10(15)5-11(18)4-8/h1-7,18H. The Bertz CT molecular complexity index is 591. The van der Waals surface area contributed by atoms with E-state index in [0.29, 0.717) is 26.3 Å². The smallest absolute Gasteiger partial charge is 0.117 e. The van der Waals surface area contributed by atoms with Gasteiger partial charge in [0.25, 0.3) is 0 Å². The number of hydrogen-bond acceptors (Lipinski definition) is 2. The molecule has 2 nitrogen and oxygen atoms in total. The first-order valence-corrected chi connectivity index (χ1v) is 6.17. The van der Waals surface area contributed by atoms with Gasteiger partial charge in [0, 0.05) is 16.3 Å². The SMILES string of the molecule is Oc1cc(Cl)cc(C=Nc2ccc(Cl)cc2Cl)c1. The van der Waals surface area contributed by atoms with Gasteiger partial charge < -0.3 is 5.11 Å². The van der Waals surface area contributed by atoms with Gasteiger partial charge in [0.15, 0.2) is 0 Å². The molecule has 0 aliphatic rings. The van der Waals surface area contributed by atoms with E-state index in [1.165, 1.54) is 6.07 Å². The summed E-state index contributed by atoms with van der Waals surface area (Å²) in [7, 11) is 0. The summed E-state index contributed by atoms with van der Waals surface area (Å²) in [4.78, 5) is 4.21. The number of aliphatic imine (C=N–C) groups is 1. The summed E-state index contributed by atoms with van der Waals surface area (Å²) < 4.78 is 0. The highest BCUT2D eigenvalue weighted by atomic mass is 35.5. The topological polar surface area (TPSA) is 32.6 Å². The molecule has 18 heavy (non-hydrogen) atoms. The van der Waals surface area contributed by atoms with Crippen LogP contribution in [-0.4, -0.2) is 11.3 Å². The van der Waals surface area contributed by atoms with Crippen molar-refractivity contribution in [3.8, 4) is 5.75 Å². The number of halogens is 3. The number of phenols is 1. The summed E-state index contributed by atoms with van der Waals surface area (Å²) in [5.41, 5.74) is 1.28. The molecule has 2 aromatic carbocycles. The van der Waals surface area contributed by atoms with Crippen molar-refractivity contribution in [2.45, 2.75) is 0 Å². The van der Waals surface area contributed by atoms with E-state index in [2.05, 4.69) is 4.99 Å². The zero-order valence-corrected chi connectivity index (χ0v) is 11.3. The van der Waals surface area contributed by atoms with Gasteiger partial charge in [0.1, 0.15) is 5.75 Å². The van der Waals surface area contributed by atoms with Crippen molar-refractivity contribution in [2.24, 2.45) is 4.99 Å². The number of benzene rings is 2. The third-order valence-electron chi connectivity index (χ3n) is 2.17. The molecule has 0 aromatic heterocycles. The molecule has 0 amide bonds. The van der Waals surface area contributed by atoms with Crippen LogP contribution >= 0.6 is 34.8 Å². The van der Waals surface area contributed by atoms with E-state index in [1.807, 2.05) is 0 Å². The van der Waals surface area contributed by atoms with Crippen molar-refractivity contribution >= 4 is 46.7 Å². The summed E-state index contributed by atoms with van der Waals surface area (Å²) in [5.74, 6) is 0.0890. The van der Waals surface area contributed by atoms with Crippen LogP contribution in [-0.2, 0) is 0 Å². The maximum atomic E-state index is 9.39. The lowest BCUT2D eigenvalue weighted by Crippen LogP contribution is -1.81. The average molecular weight is 301 g/mol. The number of aromatic hydroxyl groups is 1. The predicted molar refractivity (Wildman–Crippen MR) is 76.8 cm³/mol. The third-order valence-corrected chi connectivity index (χ3v) is 2.92. The molecule has 1 N–H and O–H groups in total. The van der Waals surface area contributed by atoms with Crippen LogP contribution in [0.4, 0.5) is 5.69 Å². The first-order valence-electron chi connectivity index (χ1n) is 5.03. The number of rotatable bonds is 2. The Labute approximate surface area is 119 Å². The number of phenolic OH excluding ortho intramolecular Hbond substituents is 1. The van der Waals surface area contributed by atoms with Crippen molar-refractivity contribution in [1.29, 1.82) is 0 Å². The molecule has 2 rings (SSSR count). The molecule has 0 aliphatic heterocycles. The molecule has 0 fully saturated rings. The molecule has 0 radical (unpaired) electrons. The normalized spacial score (nSPS) is 11.1. The Morgan fingerprint density at radius 2 is 1.72 bits per heavy atom. The van der Waals surface area contributed by atoms with Crippen molar-refractivity contribution in [2.75, 3.05) is 0 Å². The van der Waals surface area contributed by atoms with E-state index in [0.717, 1.165) is 0 Å². The van der Waals surface area contributed by atoms with Gasteiger partial charge in [0.05, 0.1) is 10.7 Å². The van der Waals surface area contributed by atoms with Crippen LogP contribution in [0.1, 0.15) is 5.56 Å². The predicted octanol–water partition coefficient (Wildman–Crippen LogP) is 5.10. The first kappa shape index (κ1) is 13.2. The molecular formula is C13H8Cl3NO. The molecule has 2 aromatic rings. The second-order valence-electron chi connectivity index (χ2n) is 3.60. The monoisotopic (exact) mass is 299 g/mol. The highest BCUT2D eigenvalue weighted by Gasteiger charge is 2.00. The third kappa shape index (κ3) is 3.39. The fourth-order valence-electron chi connectivity index (χ4n) is 1.40. The minimum absolute atomic E-state index is 0.0890. The Morgan fingerprint density at radius 3 is 2.39 bits per heavy atom. The van der Waals surface area contributed by atoms with E-state index < -0.39 is 0 Å².